The lowest BCUT2D eigenvalue weighted by Crippen LogP contribution is -2.38. The minimum absolute atomic E-state index is 0.155. The van der Waals surface area contributed by atoms with Crippen molar-refractivity contribution in [2.45, 2.75) is 26.7 Å². The molecule has 0 bridgehead atoms. The van der Waals surface area contributed by atoms with Gasteiger partial charge in [0, 0.05) is 37.1 Å². The van der Waals surface area contributed by atoms with E-state index in [0.717, 1.165) is 36.9 Å². The standard InChI is InChI=1S/C14H24N4O2S2/c1-3-15-14(16-6-4-13-17-8-11(2)21-13)18-9-12-5-7-22(19,20)10-12/h8,12H,3-7,9-10H2,1-2H3,(H2,15,16,18). The third kappa shape index (κ3) is 5.57. The molecular weight excluding hydrogens is 320 g/mol. The number of aryl methyl sites for hydroxylation is 1. The molecule has 1 fully saturated rings. The zero-order chi connectivity index (χ0) is 16.0. The summed E-state index contributed by atoms with van der Waals surface area (Å²) in [6.07, 6.45) is 3.48. The van der Waals surface area contributed by atoms with Crippen molar-refractivity contribution in [2.24, 2.45) is 10.9 Å². The minimum Gasteiger partial charge on any atom is -0.357 e. The number of nitrogens with one attached hydrogen (secondary N) is 2. The summed E-state index contributed by atoms with van der Waals surface area (Å²) in [5.41, 5.74) is 0. The predicted molar refractivity (Wildman–Crippen MR) is 91.3 cm³/mol. The van der Waals surface area contributed by atoms with Gasteiger partial charge in [-0.1, -0.05) is 0 Å². The highest BCUT2D eigenvalue weighted by molar-refractivity contribution is 7.91. The van der Waals surface area contributed by atoms with Crippen molar-refractivity contribution in [3.8, 4) is 0 Å². The van der Waals surface area contributed by atoms with Crippen LogP contribution in [0, 0.1) is 12.8 Å². The van der Waals surface area contributed by atoms with Crippen LogP contribution in [0.4, 0.5) is 0 Å². The van der Waals surface area contributed by atoms with Crippen LogP contribution in [0.15, 0.2) is 11.2 Å². The first-order chi connectivity index (χ1) is 10.5. The van der Waals surface area contributed by atoms with Gasteiger partial charge in [-0.05, 0) is 26.2 Å². The van der Waals surface area contributed by atoms with Crippen LogP contribution in [0.2, 0.25) is 0 Å². The molecule has 2 heterocycles. The SMILES string of the molecule is CCNC(=NCC1CCS(=O)(=O)C1)NCCc1ncc(C)s1. The molecule has 0 aliphatic carbocycles. The Kier molecular flexibility index (Phi) is 6.19. The monoisotopic (exact) mass is 344 g/mol. The van der Waals surface area contributed by atoms with Gasteiger partial charge in [0.15, 0.2) is 15.8 Å². The third-order valence-corrected chi connectivity index (χ3v) is 6.29. The van der Waals surface area contributed by atoms with Crippen LogP contribution < -0.4 is 10.6 Å². The lowest BCUT2D eigenvalue weighted by atomic mass is 10.1. The Morgan fingerprint density at radius 2 is 2.32 bits per heavy atom. The summed E-state index contributed by atoms with van der Waals surface area (Å²) in [5, 5.41) is 7.58. The molecule has 6 nitrogen and oxygen atoms in total. The van der Waals surface area contributed by atoms with E-state index in [1.807, 2.05) is 13.1 Å². The topological polar surface area (TPSA) is 83.5 Å². The fourth-order valence-electron chi connectivity index (χ4n) is 2.38. The van der Waals surface area contributed by atoms with Crippen LogP contribution in [0.3, 0.4) is 0 Å². The Hall–Kier alpha value is -1.15. The fourth-order valence-corrected chi connectivity index (χ4v) is 5.02. The van der Waals surface area contributed by atoms with Crippen molar-refractivity contribution < 1.29 is 8.42 Å². The number of sulfone groups is 1. The van der Waals surface area contributed by atoms with Crippen molar-refractivity contribution in [2.75, 3.05) is 31.1 Å². The van der Waals surface area contributed by atoms with E-state index in [9.17, 15) is 8.42 Å². The van der Waals surface area contributed by atoms with E-state index in [-0.39, 0.29) is 11.7 Å². The van der Waals surface area contributed by atoms with Crippen LogP contribution in [-0.4, -0.2) is 50.5 Å². The fraction of sp³-hybridized carbons (Fsp3) is 0.714. The van der Waals surface area contributed by atoms with Gasteiger partial charge in [-0.2, -0.15) is 0 Å². The second kappa shape index (κ2) is 7.92. The summed E-state index contributed by atoms with van der Waals surface area (Å²) in [5.74, 6) is 1.48. The van der Waals surface area contributed by atoms with Gasteiger partial charge in [-0.25, -0.2) is 13.4 Å². The van der Waals surface area contributed by atoms with Crippen molar-refractivity contribution in [3.63, 3.8) is 0 Å². The van der Waals surface area contributed by atoms with Gasteiger partial charge in [-0.3, -0.25) is 4.99 Å². The average molecular weight is 345 g/mol. The third-order valence-electron chi connectivity index (χ3n) is 3.48. The molecule has 0 saturated carbocycles. The Bertz CT molecular complexity index is 610. The van der Waals surface area contributed by atoms with Crippen LogP contribution >= 0.6 is 11.3 Å². The smallest absolute Gasteiger partial charge is 0.191 e. The highest BCUT2D eigenvalue weighted by Crippen LogP contribution is 2.18. The van der Waals surface area contributed by atoms with E-state index in [2.05, 4.69) is 27.5 Å². The Labute approximate surface area is 136 Å². The summed E-state index contributed by atoms with van der Waals surface area (Å²) < 4.78 is 22.9. The van der Waals surface area contributed by atoms with E-state index in [0.29, 0.717) is 12.3 Å². The molecule has 22 heavy (non-hydrogen) atoms. The summed E-state index contributed by atoms with van der Waals surface area (Å²) in [7, 11) is -2.82. The maximum atomic E-state index is 11.5. The Balaban J connectivity index is 1.79. The number of rotatable bonds is 6. The van der Waals surface area contributed by atoms with Gasteiger partial charge in [-0.15, -0.1) is 11.3 Å². The first-order valence-electron chi connectivity index (χ1n) is 7.62. The molecule has 0 amide bonds. The lowest BCUT2D eigenvalue weighted by Gasteiger charge is -2.12. The Morgan fingerprint density at radius 1 is 1.50 bits per heavy atom. The number of thiazole rings is 1. The highest BCUT2D eigenvalue weighted by Gasteiger charge is 2.27. The Morgan fingerprint density at radius 3 is 2.91 bits per heavy atom. The quantitative estimate of drug-likeness (QED) is 0.594. The van der Waals surface area contributed by atoms with E-state index >= 15 is 0 Å². The maximum absolute atomic E-state index is 11.5. The van der Waals surface area contributed by atoms with Gasteiger partial charge in [0.2, 0.25) is 0 Å². The molecule has 124 valence electrons. The van der Waals surface area contributed by atoms with Crippen LogP contribution in [-0.2, 0) is 16.3 Å². The van der Waals surface area contributed by atoms with Crippen LogP contribution in [0.5, 0.6) is 0 Å². The van der Waals surface area contributed by atoms with Crippen molar-refractivity contribution in [1.82, 2.24) is 15.6 Å². The van der Waals surface area contributed by atoms with E-state index in [1.165, 1.54) is 4.88 Å². The van der Waals surface area contributed by atoms with E-state index in [4.69, 9.17) is 0 Å². The number of hydrogen-bond donors (Lipinski definition) is 2. The molecule has 1 unspecified atom stereocenters. The first-order valence-corrected chi connectivity index (χ1v) is 10.3. The molecule has 1 aliphatic heterocycles. The van der Waals surface area contributed by atoms with Gasteiger partial charge >= 0.3 is 0 Å². The molecule has 1 aliphatic rings. The molecule has 2 rings (SSSR count). The highest BCUT2D eigenvalue weighted by atomic mass is 32.2. The molecule has 0 aromatic carbocycles. The largest absolute Gasteiger partial charge is 0.357 e. The number of aliphatic imine (C=N–C) groups is 1. The number of hydrogen-bond acceptors (Lipinski definition) is 5. The second-order valence-corrected chi connectivity index (χ2v) is 9.08. The summed E-state index contributed by atoms with van der Waals surface area (Å²) in [4.78, 5) is 10.1. The number of guanidine groups is 1. The normalized spacial score (nSPS) is 21.0. The average Bonchev–Trinajstić information content (AvgIpc) is 3.02. The second-order valence-electron chi connectivity index (χ2n) is 5.53. The molecule has 0 radical (unpaired) electrons. The van der Waals surface area contributed by atoms with Crippen molar-refractivity contribution in [1.29, 1.82) is 0 Å². The zero-order valence-electron chi connectivity index (χ0n) is 13.1. The van der Waals surface area contributed by atoms with Gasteiger partial charge in [0.1, 0.15) is 0 Å². The maximum Gasteiger partial charge on any atom is 0.191 e. The van der Waals surface area contributed by atoms with Crippen molar-refractivity contribution in [3.05, 3.63) is 16.1 Å². The minimum atomic E-state index is -2.82. The summed E-state index contributed by atoms with van der Waals surface area (Å²) in [6, 6.07) is 0. The number of nitrogens with zero attached hydrogens (tertiary/aromatic N) is 2. The number of aromatic nitrogens is 1. The van der Waals surface area contributed by atoms with E-state index < -0.39 is 9.84 Å². The molecule has 1 atom stereocenters. The summed E-state index contributed by atoms with van der Waals surface area (Å²) in [6.45, 7) is 6.18. The molecule has 1 saturated heterocycles. The van der Waals surface area contributed by atoms with Crippen molar-refractivity contribution >= 4 is 27.1 Å². The summed E-state index contributed by atoms with van der Waals surface area (Å²) >= 11 is 1.71. The molecule has 1 aromatic rings. The molecule has 2 N–H and O–H groups in total. The first kappa shape index (κ1) is 17.2. The van der Waals surface area contributed by atoms with Gasteiger partial charge < -0.3 is 10.6 Å². The molecular formula is C14H24N4O2S2. The zero-order valence-corrected chi connectivity index (χ0v) is 14.8. The van der Waals surface area contributed by atoms with Crippen LogP contribution in [0.1, 0.15) is 23.2 Å². The predicted octanol–water partition coefficient (Wildman–Crippen LogP) is 0.984. The lowest BCUT2D eigenvalue weighted by molar-refractivity contribution is 0.589. The van der Waals surface area contributed by atoms with Gasteiger partial charge in [0.05, 0.1) is 16.5 Å². The molecule has 0 spiro atoms. The van der Waals surface area contributed by atoms with E-state index in [1.54, 1.807) is 11.3 Å². The molecule has 8 heteroatoms. The van der Waals surface area contributed by atoms with Crippen LogP contribution in [0.25, 0.3) is 0 Å². The molecule has 1 aromatic heterocycles. The van der Waals surface area contributed by atoms with Gasteiger partial charge in [0.25, 0.3) is 0 Å².